The molecule has 0 saturated carbocycles. The molecule has 2 aromatic rings. The van der Waals surface area contributed by atoms with Crippen LogP contribution in [0.5, 0.6) is 5.75 Å². The van der Waals surface area contributed by atoms with Crippen molar-refractivity contribution in [1.29, 1.82) is 5.26 Å². The second-order valence-electron chi connectivity index (χ2n) is 6.71. The van der Waals surface area contributed by atoms with E-state index in [0.29, 0.717) is 30.2 Å². The monoisotopic (exact) mass is 421 g/mol. The molecule has 0 aromatic heterocycles. The Morgan fingerprint density at radius 2 is 1.81 bits per heavy atom. The van der Waals surface area contributed by atoms with Crippen molar-refractivity contribution < 1.29 is 23.8 Å². The first-order valence-electron chi connectivity index (χ1n) is 9.74. The van der Waals surface area contributed by atoms with Crippen LogP contribution in [0.25, 0.3) is 6.08 Å². The molecule has 0 radical (unpaired) electrons. The Balaban J connectivity index is 1.51. The summed E-state index contributed by atoms with van der Waals surface area (Å²) in [6, 6.07) is 16.0. The molecule has 0 atom stereocenters. The molecule has 1 aliphatic heterocycles. The van der Waals surface area contributed by atoms with E-state index in [9.17, 15) is 14.9 Å². The van der Waals surface area contributed by atoms with Crippen molar-refractivity contribution in [1.82, 2.24) is 0 Å². The highest BCUT2D eigenvalue weighted by Gasteiger charge is 2.14. The summed E-state index contributed by atoms with van der Waals surface area (Å²) >= 11 is 0. The molecular weight excluding hydrogens is 398 g/mol. The van der Waals surface area contributed by atoms with Gasteiger partial charge < -0.3 is 24.4 Å². The van der Waals surface area contributed by atoms with E-state index < -0.39 is 18.5 Å². The molecule has 3 rings (SSSR count). The Hall–Kier alpha value is -3.83. The number of morpholine rings is 1. The number of nitrogens with one attached hydrogen (secondary N) is 1. The van der Waals surface area contributed by atoms with Crippen molar-refractivity contribution >= 4 is 29.3 Å². The first-order valence-corrected chi connectivity index (χ1v) is 9.74. The third kappa shape index (κ3) is 6.32. The Morgan fingerprint density at radius 1 is 1.13 bits per heavy atom. The molecule has 1 fully saturated rings. The van der Waals surface area contributed by atoms with Gasteiger partial charge in [0.1, 0.15) is 17.4 Å². The first kappa shape index (κ1) is 21.9. The quantitative estimate of drug-likeness (QED) is 0.417. The third-order valence-corrected chi connectivity index (χ3v) is 4.63. The Kier molecular flexibility index (Phi) is 7.62. The van der Waals surface area contributed by atoms with Crippen LogP contribution in [-0.2, 0) is 19.1 Å². The summed E-state index contributed by atoms with van der Waals surface area (Å²) in [4.78, 5) is 26.5. The highest BCUT2D eigenvalue weighted by atomic mass is 16.5. The fraction of sp³-hybridized carbons (Fsp3) is 0.261. The van der Waals surface area contributed by atoms with E-state index >= 15 is 0 Å². The molecule has 1 amide bonds. The summed E-state index contributed by atoms with van der Waals surface area (Å²) in [5.74, 6) is -0.696. The molecule has 2 aromatic carbocycles. The van der Waals surface area contributed by atoms with Crippen LogP contribution in [0, 0.1) is 11.3 Å². The molecule has 0 aliphatic carbocycles. The highest BCUT2D eigenvalue weighted by molar-refractivity contribution is 6.00. The average molecular weight is 421 g/mol. The van der Waals surface area contributed by atoms with Crippen LogP contribution < -0.4 is 15.0 Å². The number of methoxy groups -OCH3 is 1. The molecule has 160 valence electrons. The lowest BCUT2D eigenvalue weighted by atomic mass is 10.1. The highest BCUT2D eigenvalue weighted by Crippen LogP contribution is 2.19. The maximum atomic E-state index is 12.1. The topological polar surface area (TPSA) is 101 Å². The average Bonchev–Trinajstić information content (AvgIpc) is 2.82. The van der Waals surface area contributed by atoms with E-state index in [0.717, 1.165) is 18.8 Å². The van der Waals surface area contributed by atoms with Crippen molar-refractivity contribution in [3.05, 3.63) is 59.7 Å². The Labute approximate surface area is 180 Å². The molecule has 1 saturated heterocycles. The number of hydrogen-bond donors (Lipinski definition) is 1. The van der Waals surface area contributed by atoms with E-state index in [4.69, 9.17) is 14.2 Å². The summed E-state index contributed by atoms with van der Waals surface area (Å²) in [6.07, 6.45) is 1.39. The number of esters is 1. The van der Waals surface area contributed by atoms with E-state index in [1.807, 2.05) is 12.1 Å². The maximum Gasteiger partial charge on any atom is 0.349 e. The molecule has 31 heavy (non-hydrogen) atoms. The summed E-state index contributed by atoms with van der Waals surface area (Å²) in [5, 5.41) is 11.9. The van der Waals surface area contributed by atoms with Gasteiger partial charge in [0.05, 0.1) is 20.3 Å². The summed E-state index contributed by atoms with van der Waals surface area (Å²) in [5.41, 5.74) is 2.08. The normalized spacial score (nSPS) is 13.8. The fourth-order valence-electron chi connectivity index (χ4n) is 2.99. The number of ether oxygens (including phenoxy) is 3. The van der Waals surface area contributed by atoms with Crippen LogP contribution in [0.3, 0.4) is 0 Å². The van der Waals surface area contributed by atoms with Gasteiger partial charge in [-0.15, -0.1) is 0 Å². The van der Waals surface area contributed by atoms with Crippen molar-refractivity contribution in [2.24, 2.45) is 0 Å². The van der Waals surface area contributed by atoms with Crippen LogP contribution in [0.4, 0.5) is 11.4 Å². The van der Waals surface area contributed by atoms with E-state index in [1.54, 1.807) is 49.6 Å². The lowest BCUT2D eigenvalue weighted by Gasteiger charge is -2.28. The molecule has 0 spiro atoms. The van der Waals surface area contributed by atoms with Crippen LogP contribution in [-0.4, -0.2) is 51.9 Å². The largest absolute Gasteiger partial charge is 0.497 e. The Bertz CT molecular complexity index is 972. The zero-order chi connectivity index (χ0) is 22.1. The zero-order valence-corrected chi connectivity index (χ0v) is 17.2. The standard InChI is InChI=1S/C23H23N3O5/c1-29-21-8-2-17(3-9-21)14-18(15-24)23(28)31-16-22(27)25-19-4-6-20(7-5-19)26-10-12-30-13-11-26/h2-9,14H,10-13,16H2,1H3,(H,25,27)/b18-14+. The van der Waals surface area contributed by atoms with Crippen molar-refractivity contribution in [2.75, 3.05) is 50.2 Å². The predicted molar refractivity (Wildman–Crippen MR) is 116 cm³/mol. The molecule has 1 heterocycles. The van der Waals surface area contributed by atoms with E-state index in [2.05, 4.69) is 10.2 Å². The summed E-state index contributed by atoms with van der Waals surface area (Å²) in [7, 11) is 1.55. The number of rotatable bonds is 7. The molecule has 0 unspecified atom stereocenters. The van der Waals surface area contributed by atoms with Gasteiger partial charge in [0.25, 0.3) is 5.91 Å². The van der Waals surface area contributed by atoms with Gasteiger partial charge in [-0.1, -0.05) is 12.1 Å². The molecular formula is C23H23N3O5. The van der Waals surface area contributed by atoms with Crippen LogP contribution in [0.2, 0.25) is 0 Å². The van der Waals surface area contributed by atoms with Gasteiger partial charge in [-0.3, -0.25) is 4.79 Å². The minimum atomic E-state index is -0.865. The summed E-state index contributed by atoms with van der Waals surface area (Å²) < 4.78 is 15.4. The molecule has 8 heteroatoms. The lowest BCUT2D eigenvalue weighted by Crippen LogP contribution is -2.36. The number of carbonyl (C=O) groups is 2. The molecule has 1 aliphatic rings. The zero-order valence-electron chi connectivity index (χ0n) is 17.2. The first-order chi connectivity index (χ1) is 15.1. The number of nitrogens with zero attached hydrogens (tertiary/aromatic N) is 2. The minimum absolute atomic E-state index is 0.201. The fourth-order valence-corrected chi connectivity index (χ4v) is 2.99. The van der Waals surface area contributed by atoms with Gasteiger partial charge in [0, 0.05) is 24.5 Å². The number of nitriles is 1. The van der Waals surface area contributed by atoms with Gasteiger partial charge in [-0.05, 0) is 48.0 Å². The number of anilines is 2. The predicted octanol–water partition coefficient (Wildman–Crippen LogP) is 2.62. The number of hydrogen-bond acceptors (Lipinski definition) is 7. The molecule has 1 N–H and O–H groups in total. The van der Waals surface area contributed by atoms with Crippen molar-refractivity contribution in [3.8, 4) is 11.8 Å². The van der Waals surface area contributed by atoms with Gasteiger partial charge in [-0.25, -0.2) is 4.79 Å². The summed E-state index contributed by atoms with van der Waals surface area (Å²) in [6.45, 7) is 2.55. The van der Waals surface area contributed by atoms with E-state index in [1.165, 1.54) is 6.08 Å². The maximum absolute atomic E-state index is 12.1. The minimum Gasteiger partial charge on any atom is -0.497 e. The van der Waals surface area contributed by atoms with Crippen LogP contribution in [0.1, 0.15) is 5.56 Å². The molecule has 0 bridgehead atoms. The van der Waals surface area contributed by atoms with Crippen LogP contribution >= 0.6 is 0 Å². The third-order valence-electron chi connectivity index (χ3n) is 4.63. The second kappa shape index (κ2) is 10.8. The number of benzene rings is 2. The van der Waals surface area contributed by atoms with E-state index in [-0.39, 0.29) is 5.57 Å². The number of amides is 1. The van der Waals surface area contributed by atoms with Crippen LogP contribution in [0.15, 0.2) is 54.1 Å². The number of carbonyl (C=O) groups excluding carboxylic acids is 2. The van der Waals surface area contributed by atoms with Crippen molar-refractivity contribution in [3.63, 3.8) is 0 Å². The van der Waals surface area contributed by atoms with Gasteiger partial charge >= 0.3 is 5.97 Å². The Morgan fingerprint density at radius 3 is 2.42 bits per heavy atom. The van der Waals surface area contributed by atoms with Gasteiger partial charge in [0.2, 0.25) is 0 Å². The second-order valence-corrected chi connectivity index (χ2v) is 6.71. The molecule has 8 nitrogen and oxygen atoms in total. The lowest BCUT2D eigenvalue weighted by molar-refractivity contribution is -0.142. The van der Waals surface area contributed by atoms with Gasteiger partial charge in [-0.2, -0.15) is 5.26 Å². The SMILES string of the molecule is COc1ccc(/C=C(\C#N)C(=O)OCC(=O)Nc2ccc(N3CCOCC3)cc2)cc1. The van der Waals surface area contributed by atoms with Gasteiger partial charge in [0.15, 0.2) is 6.61 Å². The smallest absolute Gasteiger partial charge is 0.349 e. The van der Waals surface area contributed by atoms with Crippen molar-refractivity contribution in [2.45, 2.75) is 0 Å².